The van der Waals surface area contributed by atoms with E-state index in [0.717, 1.165) is 77.4 Å². The summed E-state index contributed by atoms with van der Waals surface area (Å²) in [5.74, 6) is 2.24. The highest BCUT2D eigenvalue weighted by Crippen LogP contribution is 2.43. The molecule has 182 valence electrons. The van der Waals surface area contributed by atoms with Crippen LogP contribution in [0.2, 0.25) is 0 Å². The summed E-state index contributed by atoms with van der Waals surface area (Å²) in [6, 6.07) is 20.4. The molecular weight excluding hydrogens is 454 g/mol. The van der Waals surface area contributed by atoms with Gasteiger partial charge in [-0.1, -0.05) is 61.5 Å². The molecule has 1 aliphatic heterocycles. The molecule has 0 unspecified atom stereocenters. The van der Waals surface area contributed by atoms with Gasteiger partial charge in [0.1, 0.15) is 11.5 Å². The van der Waals surface area contributed by atoms with Gasteiger partial charge in [0.25, 0.3) is 0 Å². The van der Waals surface area contributed by atoms with E-state index in [9.17, 15) is 9.90 Å². The Labute approximate surface area is 209 Å². The lowest BCUT2D eigenvalue weighted by atomic mass is 9.71. The molecule has 2 aromatic carbocycles. The summed E-state index contributed by atoms with van der Waals surface area (Å²) in [6.07, 6.45) is 3.42. The number of rotatable bonds is 6. The van der Waals surface area contributed by atoms with Crippen LogP contribution in [0, 0.1) is 0 Å². The molecule has 2 aliphatic rings. The monoisotopic (exact) mass is 481 g/mol. The van der Waals surface area contributed by atoms with Gasteiger partial charge >= 0.3 is 6.09 Å². The maximum atomic E-state index is 11.4. The van der Waals surface area contributed by atoms with Gasteiger partial charge in [0.2, 0.25) is 5.88 Å². The highest BCUT2D eigenvalue weighted by molar-refractivity contribution is 5.83. The zero-order valence-corrected chi connectivity index (χ0v) is 20.1. The third-order valence-electron chi connectivity index (χ3n) is 7.17. The molecule has 0 radical (unpaired) electrons. The van der Waals surface area contributed by atoms with E-state index in [1.807, 2.05) is 42.5 Å². The molecule has 8 nitrogen and oxygen atoms in total. The fraction of sp³-hybridized carbons (Fsp3) is 0.286. The van der Waals surface area contributed by atoms with Gasteiger partial charge in [0, 0.05) is 17.5 Å². The highest BCUT2D eigenvalue weighted by atomic mass is 16.5. The summed E-state index contributed by atoms with van der Waals surface area (Å²) in [4.78, 5) is 16.4. The van der Waals surface area contributed by atoms with Crippen LogP contribution >= 0.6 is 0 Å². The van der Waals surface area contributed by atoms with Crippen LogP contribution in [0.5, 0.6) is 5.88 Å². The first-order valence-electron chi connectivity index (χ1n) is 12.4. The molecular formula is C28H27N5O3. The minimum Gasteiger partial charge on any atom is -0.468 e. The fourth-order valence-electron chi connectivity index (χ4n) is 5.22. The number of carbonyl (C=O) groups is 1. The quantitative estimate of drug-likeness (QED) is 0.378. The number of nitrogens with one attached hydrogen (secondary N) is 1. The second-order valence-corrected chi connectivity index (χ2v) is 9.42. The van der Waals surface area contributed by atoms with Crippen LogP contribution in [0.1, 0.15) is 49.8 Å². The summed E-state index contributed by atoms with van der Waals surface area (Å²) < 4.78 is 8.11. The molecule has 0 bridgehead atoms. The van der Waals surface area contributed by atoms with Crippen molar-refractivity contribution >= 4 is 6.09 Å². The second kappa shape index (κ2) is 8.78. The normalized spacial score (nSPS) is 15.2. The third kappa shape index (κ3) is 3.69. The maximum Gasteiger partial charge on any atom is 0.405 e. The lowest BCUT2D eigenvalue weighted by Crippen LogP contribution is -2.50. The molecule has 3 heterocycles. The number of benzene rings is 2. The number of pyridine rings is 1. The zero-order valence-electron chi connectivity index (χ0n) is 20.1. The van der Waals surface area contributed by atoms with Crippen molar-refractivity contribution in [3.05, 3.63) is 77.9 Å². The van der Waals surface area contributed by atoms with E-state index in [1.165, 1.54) is 0 Å². The SMILES string of the molecule is CCCc1nnc2n1-c1cc(-c3ccccc3)c(-c3ccc(C4(NC(=O)O)CCC4)cc3)nc1OC2. The van der Waals surface area contributed by atoms with E-state index in [2.05, 4.69) is 45.2 Å². The second-order valence-electron chi connectivity index (χ2n) is 9.42. The first-order chi connectivity index (χ1) is 17.6. The Bertz CT molecular complexity index is 1430. The Morgan fingerprint density at radius 1 is 1.08 bits per heavy atom. The largest absolute Gasteiger partial charge is 0.468 e. The molecule has 0 atom stereocenters. The van der Waals surface area contributed by atoms with Crippen molar-refractivity contribution in [2.24, 2.45) is 0 Å². The summed E-state index contributed by atoms with van der Waals surface area (Å²) in [6.45, 7) is 2.45. The maximum absolute atomic E-state index is 11.4. The number of carboxylic acid groups (broad SMARTS) is 1. The Morgan fingerprint density at radius 3 is 2.53 bits per heavy atom. The topological polar surface area (TPSA) is 102 Å². The van der Waals surface area contributed by atoms with Crippen LogP contribution in [0.15, 0.2) is 60.7 Å². The summed E-state index contributed by atoms with van der Waals surface area (Å²) >= 11 is 0. The van der Waals surface area contributed by atoms with Crippen LogP contribution in [0.4, 0.5) is 4.79 Å². The van der Waals surface area contributed by atoms with Gasteiger partial charge in [-0.2, -0.15) is 0 Å². The molecule has 0 saturated heterocycles. The van der Waals surface area contributed by atoms with E-state index in [0.29, 0.717) is 12.5 Å². The zero-order chi connectivity index (χ0) is 24.7. The van der Waals surface area contributed by atoms with Crippen LogP contribution in [-0.2, 0) is 18.6 Å². The number of fused-ring (bicyclic) bond motifs is 3. The standard InChI is InChI=1S/C28H27N5O3/c1-2-7-23-31-32-24-17-36-26-22(33(23)24)16-21(18-8-4-3-5-9-18)25(29-26)19-10-12-20(13-11-19)28(14-6-15-28)30-27(34)35/h3-5,8-13,16,30H,2,6-7,14-15,17H2,1H3,(H,34,35). The number of ether oxygens (including phenoxy) is 1. The van der Waals surface area contributed by atoms with Crippen LogP contribution in [0.3, 0.4) is 0 Å². The van der Waals surface area contributed by atoms with Gasteiger partial charge in [-0.05, 0) is 42.9 Å². The Balaban J connectivity index is 1.47. The van der Waals surface area contributed by atoms with Gasteiger partial charge < -0.3 is 15.2 Å². The van der Waals surface area contributed by atoms with E-state index >= 15 is 0 Å². The molecule has 2 N–H and O–H groups in total. The number of hydrogen-bond donors (Lipinski definition) is 2. The number of amides is 1. The predicted molar refractivity (Wildman–Crippen MR) is 135 cm³/mol. The number of nitrogens with zero attached hydrogens (tertiary/aromatic N) is 4. The summed E-state index contributed by atoms with van der Waals surface area (Å²) in [7, 11) is 0. The lowest BCUT2D eigenvalue weighted by Gasteiger charge is -2.42. The van der Waals surface area contributed by atoms with Crippen molar-refractivity contribution in [3.63, 3.8) is 0 Å². The minimum absolute atomic E-state index is 0.323. The van der Waals surface area contributed by atoms with E-state index in [1.54, 1.807) is 0 Å². The average molecular weight is 482 g/mol. The molecule has 8 heteroatoms. The molecule has 1 saturated carbocycles. The van der Waals surface area contributed by atoms with Crippen LogP contribution < -0.4 is 10.1 Å². The van der Waals surface area contributed by atoms with Crippen molar-refractivity contribution in [2.45, 2.75) is 51.2 Å². The van der Waals surface area contributed by atoms with Crippen molar-refractivity contribution in [1.29, 1.82) is 0 Å². The minimum atomic E-state index is -0.991. The number of aromatic nitrogens is 4. The van der Waals surface area contributed by atoms with Gasteiger partial charge in [-0.3, -0.25) is 4.57 Å². The first-order valence-corrected chi connectivity index (χ1v) is 12.4. The van der Waals surface area contributed by atoms with Crippen LogP contribution in [0.25, 0.3) is 28.1 Å². The highest BCUT2D eigenvalue weighted by Gasteiger charge is 2.40. The van der Waals surface area contributed by atoms with Crippen molar-refractivity contribution in [3.8, 4) is 34.0 Å². The molecule has 6 rings (SSSR count). The Hall–Kier alpha value is -4.20. The molecule has 1 amide bonds. The number of hydrogen-bond acceptors (Lipinski definition) is 5. The van der Waals surface area contributed by atoms with E-state index in [4.69, 9.17) is 9.72 Å². The van der Waals surface area contributed by atoms with Crippen molar-refractivity contribution in [1.82, 2.24) is 25.1 Å². The summed E-state index contributed by atoms with van der Waals surface area (Å²) in [5, 5.41) is 20.8. The van der Waals surface area contributed by atoms with Gasteiger partial charge in [-0.25, -0.2) is 9.78 Å². The third-order valence-corrected chi connectivity index (χ3v) is 7.17. The smallest absolute Gasteiger partial charge is 0.405 e. The predicted octanol–water partition coefficient (Wildman–Crippen LogP) is 5.49. The van der Waals surface area contributed by atoms with Gasteiger partial charge in [-0.15, -0.1) is 10.2 Å². The van der Waals surface area contributed by atoms with E-state index < -0.39 is 11.6 Å². The van der Waals surface area contributed by atoms with Gasteiger partial charge in [0.05, 0.1) is 11.2 Å². The van der Waals surface area contributed by atoms with Gasteiger partial charge in [0.15, 0.2) is 12.4 Å². The van der Waals surface area contributed by atoms with Crippen molar-refractivity contribution in [2.75, 3.05) is 0 Å². The Morgan fingerprint density at radius 2 is 1.86 bits per heavy atom. The fourth-order valence-corrected chi connectivity index (χ4v) is 5.22. The molecule has 36 heavy (non-hydrogen) atoms. The molecule has 2 aromatic heterocycles. The average Bonchev–Trinajstić information content (AvgIpc) is 3.29. The van der Waals surface area contributed by atoms with Crippen molar-refractivity contribution < 1.29 is 14.6 Å². The molecule has 0 spiro atoms. The number of aryl methyl sites for hydroxylation is 1. The first kappa shape index (κ1) is 22.3. The van der Waals surface area contributed by atoms with E-state index in [-0.39, 0.29) is 0 Å². The lowest BCUT2D eigenvalue weighted by molar-refractivity contribution is 0.144. The molecule has 1 fully saturated rings. The molecule has 1 aliphatic carbocycles. The summed E-state index contributed by atoms with van der Waals surface area (Å²) in [5.41, 5.74) is 5.12. The Kier molecular flexibility index (Phi) is 5.44. The molecule has 4 aromatic rings. The van der Waals surface area contributed by atoms with Crippen LogP contribution in [-0.4, -0.2) is 30.9 Å².